The normalized spacial score (nSPS) is 21.3. The molecule has 5 atom stereocenters. The van der Waals surface area contributed by atoms with Crippen LogP contribution in [-0.4, -0.2) is 95.4 Å². The number of likely N-dealkylation sites (tertiary alicyclic amines) is 2. The zero-order chi connectivity index (χ0) is 35.1. The average molecular weight is 655 g/mol. The monoisotopic (exact) mass is 654 g/mol. The van der Waals surface area contributed by atoms with Gasteiger partial charge in [-0.05, 0) is 91.3 Å². The number of alkyl carbamates (subject to hydrolysis) is 1. The number of H-pyrrole nitrogens is 1. The number of allylic oxidation sites excluding steroid dienone is 2. The van der Waals surface area contributed by atoms with Gasteiger partial charge in [-0.1, -0.05) is 31.4 Å². The summed E-state index contributed by atoms with van der Waals surface area (Å²) in [5, 5.41) is 3.50. The lowest BCUT2D eigenvalue weighted by Gasteiger charge is -2.29. The quantitative estimate of drug-likeness (QED) is 0.235. The minimum absolute atomic E-state index is 0.110. The van der Waals surface area contributed by atoms with Crippen molar-refractivity contribution in [1.82, 2.24) is 20.1 Å². The first-order chi connectivity index (χ1) is 22.0. The minimum atomic E-state index is -0.723. The fourth-order valence-electron chi connectivity index (χ4n) is 6.13. The van der Waals surface area contributed by atoms with Crippen molar-refractivity contribution < 1.29 is 33.0 Å². The Morgan fingerprint density at radius 3 is 2.47 bits per heavy atom. The Kier molecular flexibility index (Phi) is 12.6. The highest BCUT2D eigenvalue weighted by molar-refractivity contribution is 5.84. The first kappa shape index (κ1) is 37.5. The maximum atomic E-state index is 13.6. The number of aromatic amines is 1. The summed E-state index contributed by atoms with van der Waals surface area (Å²) >= 11 is 0. The van der Waals surface area contributed by atoms with Crippen molar-refractivity contribution in [2.24, 2.45) is 0 Å². The maximum Gasteiger partial charge on any atom is 0.410 e. The van der Waals surface area contributed by atoms with E-state index in [4.69, 9.17) is 14.2 Å². The molecule has 3 heterocycles. The van der Waals surface area contributed by atoms with E-state index < -0.39 is 23.8 Å². The molecular weight excluding hydrogens is 603 g/mol. The molecule has 4 rings (SSSR count). The van der Waals surface area contributed by atoms with Gasteiger partial charge in [0.1, 0.15) is 30.4 Å². The summed E-state index contributed by atoms with van der Waals surface area (Å²) in [6.07, 6.45) is 7.28. The number of ether oxygens (including phenoxy) is 3. The van der Waals surface area contributed by atoms with E-state index in [1.807, 2.05) is 37.9 Å². The van der Waals surface area contributed by atoms with E-state index in [-0.39, 0.29) is 42.1 Å². The van der Waals surface area contributed by atoms with E-state index in [1.165, 1.54) is 12.1 Å². The highest BCUT2D eigenvalue weighted by atomic mass is 19.1. The summed E-state index contributed by atoms with van der Waals surface area (Å²) in [5.74, 6) is -0.120. The topological polar surface area (TPSA) is 113 Å². The maximum absolute atomic E-state index is 13.6. The van der Waals surface area contributed by atoms with Crippen LogP contribution < -0.4 is 5.32 Å². The zero-order valence-corrected chi connectivity index (χ0v) is 29.0. The predicted octanol–water partition coefficient (Wildman–Crippen LogP) is 6.50. The number of aromatic nitrogens is 1. The molecule has 2 saturated heterocycles. The Morgan fingerprint density at radius 2 is 1.87 bits per heavy atom. The lowest BCUT2D eigenvalue weighted by Crippen LogP contribution is -2.48. The second kappa shape index (κ2) is 15.8. The van der Waals surface area contributed by atoms with Gasteiger partial charge in [-0.3, -0.25) is 0 Å². The van der Waals surface area contributed by atoms with Crippen LogP contribution in [0.5, 0.6) is 0 Å². The molecular formula is C36H51FN4O6. The number of hydrogen-bond acceptors (Lipinski definition) is 7. The van der Waals surface area contributed by atoms with Gasteiger partial charge in [0.25, 0.3) is 0 Å². The van der Waals surface area contributed by atoms with Crippen LogP contribution in [0.1, 0.15) is 66.4 Å². The molecule has 2 aliphatic heterocycles. The number of carbonyl (C=O) groups is 3. The Bertz CT molecular complexity index is 1460. The lowest BCUT2D eigenvalue weighted by atomic mass is 9.91. The molecule has 4 unspecified atom stereocenters. The molecule has 258 valence electrons. The highest BCUT2D eigenvalue weighted by Gasteiger charge is 2.50. The van der Waals surface area contributed by atoms with Crippen LogP contribution in [-0.2, 0) is 19.0 Å². The molecule has 0 saturated carbocycles. The van der Waals surface area contributed by atoms with Gasteiger partial charge < -0.3 is 39.1 Å². The molecule has 47 heavy (non-hydrogen) atoms. The molecule has 10 nitrogen and oxygen atoms in total. The molecule has 2 N–H and O–H groups in total. The van der Waals surface area contributed by atoms with Crippen molar-refractivity contribution in [2.45, 2.75) is 96.2 Å². The number of aldehydes is 1. The first-order valence-corrected chi connectivity index (χ1v) is 15.9. The second-order valence-electron chi connectivity index (χ2n) is 14.0. The van der Waals surface area contributed by atoms with E-state index in [0.717, 1.165) is 35.0 Å². The number of likely N-dealkylation sites (N-methyl/N-ethyl adjacent to an activating group) is 1. The number of nitrogens with zero attached hydrogens (tertiary/aromatic N) is 2. The van der Waals surface area contributed by atoms with Crippen LogP contribution in [0.15, 0.2) is 61.4 Å². The zero-order valence-electron chi connectivity index (χ0n) is 29.0. The summed E-state index contributed by atoms with van der Waals surface area (Å²) in [4.78, 5) is 42.8. The molecule has 1 aromatic heterocycles. The number of fused-ring (bicyclic) bond motifs is 2. The van der Waals surface area contributed by atoms with E-state index in [1.54, 1.807) is 45.9 Å². The van der Waals surface area contributed by atoms with Gasteiger partial charge in [0.2, 0.25) is 0 Å². The Labute approximate surface area is 278 Å². The highest BCUT2D eigenvalue weighted by Crippen LogP contribution is 2.42. The van der Waals surface area contributed by atoms with Gasteiger partial charge in [-0.2, -0.15) is 0 Å². The largest absolute Gasteiger partial charge is 0.445 e. The number of nitrogens with one attached hydrogen (secondary N) is 2. The third-order valence-corrected chi connectivity index (χ3v) is 8.03. The van der Waals surface area contributed by atoms with Crippen LogP contribution >= 0.6 is 0 Å². The van der Waals surface area contributed by atoms with Crippen molar-refractivity contribution >= 4 is 29.4 Å². The SMILES string of the molecule is C=C/C=C(\C=C)COC(=O)N1C[C@H](c2c[nH]c3cc(F)ccc23)C2C1CCN2C.CC(OC(C)(C)C)C(C=O)NC(=O)OC(C)(C)C. The van der Waals surface area contributed by atoms with Crippen LogP contribution in [0.2, 0.25) is 0 Å². The third-order valence-electron chi connectivity index (χ3n) is 8.03. The standard InChI is InChI=1S/C23H26FN3O2.C13H25NO4/c1-4-6-15(5-2)14-29-23(28)27-13-19(22-21(27)9-10-26(22)3)18-12-25-20-11-16(24)7-8-17(18)20;1-9(17-12(2,3)4)10(8-15)14-11(16)18-13(5,6)7/h4-8,11-12,19,21-22,25H,1-2,9-10,13-14H2,3H3;8-10H,1-7H3,(H,14,16)/b15-6+;/t19-,21?,22?;/m1./s1. The number of carbonyl (C=O) groups excluding carboxylic acids is 3. The Hall–Kier alpha value is -3.96. The molecule has 11 heteroatoms. The summed E-state index contributed by atoms with van der Waals surface area (Å²) in [6.45, 7) is 21.8. The van der Waals surface area contributed by atoms with E-state index in [9.17, 15) is 18.8 Å². The van der Waals surface area contributed by atoms with Gasteiger partial charge in [0.15, 0.2) is 0 Å². The van der Waals surface area contributed by atoms with Crippen LogP contribution in [0.25, 0.3) is 10.9 Å². The fourth-order valence-corrected chi connectivity index (χ4v) is 6.13. The van der Waals surface area contributed by atoms with Crippen molar-refractivity contribution in [3.63, 3.8) is 0 Å². The molecule has 2 aromatic rings. The average Bonchev–Trinajstić information content (AvgIpc) is 3.66. The second-order valence-corrected chi connectivity index (χ2v) is 14.0. The van der Waals surface area contributed by atoms with Crippen LogP contribution in [0, 0.1) is 5.82 Å². The van der Waals surface area contributed by atoms with Gasteiger partial charge in [-0.25, -0.2) is 14.0 Å². The van der Waals surface area contributed by atoms with E-state index in [2.05, 4.69) is 35.4 Å². The van der Waals surface area contributed by atoms with Crippen LogP contribution in [0.4, 0.5) is 14.0 Å². The van der Waals surface area contributed by atoms with E-state index in [0.29, 0.717) is 12.8 Å². The Morgan fingerprint density at radius 1 is 1.17 bits per heavy atom. The number of rotatable bonds is 9. The lowest BCUT2D eigenvalue weighted by molar-refractivity contribution is -0.117. The van der Waals surface area contributed by atoms with Crippen molar-refractivity contribution in [2.75, 3.05) is 26.7 Å². The summed E-state index contributed by atoms with van der Waals surface area (Å²) in [7, 11) is 2.10. The number of halogens is 1. The molecule has 0 radical (unpaired) electrons. The molecule has 1 aromatic carbocycles. The molecule has 0 bridgehead atoms. The number of hydrogen-bond donors (Lipinski definition) is 2. The molecule has 2 fully saturated rings. The smallest absolute Gasteiger partial charge is 0.410 e. The van der Waals surface area contributed by atoms with Gasteiger partial charge >= 0.3 is 12.2 Å². The summed E-state index contributed by atoms with van der Waals surface area (Å²) in [6, 6.07) is 4.42. The number of amides is 2. The van der Waals surface area contributed by atoms with Crippen molar-refractivity contribution in [1.29, 1.82) is 0 Å². The molecule has 2 aliphatic rings. The predicted molar refractivity (Wildman–Crippen MR) is 182 cm³/mol. The first-order valence-electron chi connectivity index (χ1n) is 15.9. The summed E-state index contributed by atoms with van der Waals surface area (Å²) < 4.78 is 29.9. The third kappa shape index (κ3) is 10.3. The molecule has 2 amide bonds. The van der Waals surface area contributed by atoms with Crippen molar-refractivity contribution in [3.8, 4) is 0 Å². The Balaban J connectivity index is 0.000000290. The number of benzene rings is 1. The van der Waals surface area contributed by atoms with Crippen LogP contribution in [0.3, 0.4) is 0 Å². The van der Waals surface area contributed by atoms with Gasteiger partial charge in [0, 0.05) is 42.1 Å². The van der Waals surface area contributed by atoms with Crippen molar-refractivity contribution in [3.05, 3.63) is 72.7 Å². The molecule has 0 spiro atoms. The molecule has 0 aliphatic carbocycles. The van der Waals surface area contributed by atoms with Gasteiger partial charge in [-0.15, -0.1) is 0 Å². The summed E-state index contributed by atoms with van der Waals surface area (Å²) in [5.41, 5.74) is 1.74. The minimum Gasteiger partial charge on any atom is -0.445 e. The fraction of sp³-hybridized carbons (Fsp3) is 0.528. The van der Waals surface area contributed by atoms with E-state index >= 15 is 0 Å². The van der Waals surface area contributed by atoms with Gasteiger partial charge in [0.05, 0.1) is 17.7 Å².